The summed E-state index contributed by atoms with van der Waals surface area (Å²) in [6, 6.07) is 4.81. The molecule has 1 heterocycles. The van der Waals surface area contributed by atoms with E-state index in [1.165, 1.54) is 14.0 Å². The normalized spacial score (nSPS) is 15.3. The molecule has 0 unspecified atom stereocenters. The van der Waals surface area contributed by atoms with Gasteiger partial charge in [-0.3, -0.25) is 10.1 Å². The van der Waals surface area contributed by atoms with Crippen molar-refractivity contribution in [2.24, 2.45) is 0 Å². The summed E-state index contributed by atoms with van der Waals surface area (Å²) >= 11 is 0. The van der Waals surface area contributed by atoms with Crippen LogP contribution in [-0.2, 0) is 21.2 Å². The Morgan fingerprint density at radius 3 is 2.62 bits per heavy atom. The Bertz CT molecular complexity index is 978. The van der Waals surface area contributed by atoms with Crippen molar-refractivity contribution < 1.29 is 22.5 Å². The van der Waals surface area contributed by atoms with Gasteiger partial charge >= 0.3 is 0 Å². The van der Waals surface area contributed by atoms with Crippen molar-refractivity contribution in [1.82, 2.24) is 9.88 Å². The second-order valence-corrected chi connectivity index (χ2v) is 8.87. The van der Waals surface area contributed by atoms with Gasteiger partial charge in [0.2, 0.25) is 21.8 Å². The molecule has 0 radical (unpaired) electrons. The first kappa shape index (κ1) is 21.3. The summed E-state index contributed by atoms with van der Waals surface area (Å²) < 4.78 is 39.6. The van der Waals surface area contributed by atoms with Gasteiger partial charge in [-0.05, 0) is 37.0 Å². The number of benzene rings is 1. The maximum atomic E-state index is 13.1. The van der Waals surface area contributed by atoms with Crippen LogP contribution < -0.4 is 14.8 Å². The van der Waals surface area contributed by atoms with E-state index in [0.717, 1.165) is 32.1 Å². The highest BCUT2D eigenvalue weighted by Crippen LogP contribution is 2.36. The number of nitrogens with zero attached hydrogens (tertiary/aromatic N) is 1. The Balaban J connectivity index is 2.04. The molecule has 0 spiro atoms. The van der Waals surface area contributed by atoms with Gasteiger partial charge in [0, 0.05) is 13.0 Å². The van der Waals surface area contributed by atoms with Crippen LogP contribution in [0.4, 0.5) is 5.88 Å². The van der Waals surface area contributed by atoms with E-state index in [9.17, 15) is 13.2 Å². The van der Waals surface area contributed by atoms with Crippen molar-refractivity contribution in [3.05, 3.63) is 23.9 Å². The molecule has 1 aliphatic rings. The molecule has 158 valence electrons. The number of sulfonamides is 1. The third kappa shape index (κ3) is 4.79. The minimum Gasteiger partial charge on any atom is -0.495 e. The van der Waals surface area contributed by atoms with Crippen molar-refractivity contribution in [3.8, 4) is 16.9 Å². The van der Waals surface area contributed by atoms with E-state index >= 15 is 0 Å². The first-order valence-corrected chi connectivity index (χ1v) is 11.3. The number of hydrogen-bond donors (Lipinski definition) is 2. The fourth-order valence-corrected chi connectivity index (χ4v) is 5.15. The van der Waals surface area contributed by atoms with Gasteiger partial charge in [-0.1, -0.05) is 37.4 Å². The van der Waals surface area contributed by atoms with Gasteiger partial charge in [0.15, 0.2) is 0 Å². The summed E-state index contributed by atoms with van der Waals surface area (Å²) in [7, 11) is -2.35. The van der Waals surface area contributed by atoms with Crippen LogP contribution in [0.5, 0.6) is 5.75 Å². The molecule has 0 atom stereocenters. The Hall–Kier alpha value is -2.39. The fraction of sp³-hybridized carbons (Fsp3) is 0.500. The Kier molecular flexibility index (Phi) is 6.59. The highest BCUT2D eigenvalue weighted by atomic mass is 32.2. The molecule has 29 heavy (non-hydrogen) atoms. The molecule has 0 aliphatic heterocycles. The zero-order valence-electron chi connectivity index (χ0n) is 16.9. The summed E-state index contributed by atoms with van der Waals surface area (Å²) in [6.07, 6.45) is 5.40. The average molecular weight is 422 g/mol. The number of ether oxygens (including phenoxy) is 1. The molecule has 1 fully saturated rings. The lowest BCUT2D eigenvalue weighted by Crippen LogP contribution is -2.36. The first-order valence-electron chi connectivity index (χ1n) is 9.82. The quantitative estimate of drug-likeness (QED) is 0.708. The van der Waals surface area contributed by atoms with Crippen LogP contribution >= 0.6 is 0 Å². The van der Waals surface area contributed by atoms with E-state index in [1.54, 1.807) is 18.2 Å². The molecule has 2 aromatic rings. The molecule has 0 bridgehead atoms. The first-order chi connectivity index (χ1) is 13.9. The van der Waals surface area contributed by atoms with Crippen molar-refractivity contribution in [2.75, 3.05) is 12.4 Å². The molecular weight excluding hydrogens is 394 g/mol. The summed E-state index contributed by atoms with van der Waals surface area (Å²) in [5.41, 5.74) is 1.78. The molecule has 2 N–H and O–H groups in total. The lowest BCUT2D eigenvalue weighted by atomic mass is 9.96. The van der Waals surface area contributed by atoms with E-state index < -0.39 is 10.0 Å². The second-order valence-electron chi connectivity index (χ2n) is 7.19. The Morgan fingerprint density at radius 2 is 2.00 bits per heavy atom. The fourth-order valence-electron chi connectivity index (χ4n) is 3.65. The third-order valence-corrected chi connectivity index (χ3v) is 6.60. The van der Waals surface area contributed by atoms with Crippen LogP contribution in [0, 0.1) is 0 Å². The summed E-state index contributed by atoms with van der Waals surface area (Å²) in [5.74, 6) is 0.154. The van der Waals surface area contributed by atoms with E-state index in [4.69, 9.17) is 9.26 Å². The van der Waals surface area contributed by atoms with Crippen LogP contribution in [0.15, 0.2) is 27.6 Å². The second kappa shape index (κ2) is 8.96. The molecule has 3 rings (SSSR count). The van der Waals surface area contributed by atoms with Gasteiger partial charge < -0.3 is 9.26 Å². The van der Waals surface area contributed by atoms with Crippen molar-refractivity contribution in [2.45, 2.75) is 63.3 Å². The van der Waals surface area contributed by atoms with Crippen LogP contribution in [0.1, 0.15) is 51.6 Å². The average Bonchev–Trinajstić information content (AvgIpc) is 3.09. The minimum atomic E-state index is -3.79. The van der Waals surface area contributed by atoms with Crippen molar-refractivity contribution in [3.63, 3.8) is 0 Å². The summed E-state index contributed by atoms with van der Waals surface area (Å²) in [4.78, 5) is 11.6. The number of carbonyl (C=O) groups excluding carboxylic acids is 1. The number of carbonyl (C=O) groups is 1. The number of aryl methyl sites for hydroxylation is 1. The number of aromatic nitrogens is 1. The third-order valence-electron chi connectivity index (χ3n) is 5.06. The van der Waals surface area contributed by atoms with E-state index in [0.29, 0.717) is 23.2 Å². The van der Waals surface area contributed by atoms with Crippen LogP contribution in [0.2, 0.25) is 0 Å². The van der Waals surface area contributed by atoms with Gasteiger partial charge in [-0.25, -0.2) is 13.1 Å². The summed E-state index contributed by atoms with van der Waals surface area (Å²) in [5, 5.41) is 6.62. The van der Waals surface area contributed by atoms with Crippen LogP contribution in [0.25, 0.3) is 11.1 Å². The molecule has 1 aromatic heterocycles. The maximum absolute atomic E-state index is 13.1. The largest absolute Gasteiger partial charge is 0.495 e. The van der Waals surface area contributed by atoms with E-state index in [1.807, 2.05) is 6.92 Å². The minimum absolute atomic E-state index is 0.0556. The topological polar surface area (TPSA) is 111 Å². The predicted molar refractivity (Wildman–Crippen MR) is 109 cm³/mol. The van der Waals surface area contributed by atoms with Gasteiger partial charge in [0.25, 0.3) is 0 Å². The van der Waals surface area contributed by atoms with Crippen LogP contribution in [-0.4, -0.2) is 32.6 Å². The highest BCUT2D eigenvalue weighted by molar-refractivity contribution is 7.89. The maximum Gasteiger partial charge on any atom is 0.244 e. The van der Waals surface area contributed by atoms with E-state index in [-0.39, 0.29) is 28.5 Å². The lowest BCUT2D eigenvalue weighted by molar-refractivity contribution is -0.114. The number of methoxy groups -OCH3 is 1. The number of anilines is 1. The Morgan fingerprint density at radius 1 is 1.28 bits per heavy atom. The predicted octanol–water partition coefficient (Wildman–Crippen LogP) is 3.48. The molecule has 1 aromatic carbocycles. The number of amides is 1. The summed E-state index contributed by atoms with van der Waals surface area (Å²) in [6.45, 7) is 3.28. The van der Waals surface area contributed by atoms with Gasteiger partial charge in [-0.2, -0.15) is 0 Å². The Labute approximate surface area is 171 Å². The zero-order valence-corrected chi connectivity index (χ0v) is 17.8. The van der Waals surface area contributed by atoms with Gasteiger partial charge in [-0.15, -0.1) is 0 Å². The van der Waals surface area contributed by atoms with Crippen molar-refractivity contribution >= 4 is 21.8 Å². The molecule has 9 heteroatoms. The lowest BCUT2D eigenvalue weighted by Gasteiger charge is -2.23. The molecule has 8 nitrogen and oxygen atoms in total. The van der Waals surface area contributed by atoms with E-state index in [2.05, 4.69) is 15.2 Å². The van der Waals surface area contributed by atoms with Crippen molar-refractivity contribution in [1.29, 1.82) is 0 Å². The molecule has 1 saturated carbocycles. The van der Waals surface area contributed by atoms with Crippen LogP contribution in [0.3, 0.4) is 0 Å². The molecule has 1 amide bonds. The smallest absolute Gasteiger partial charge is 0.244 e. The number of nitrogens with one attached hydrogen (secondary N) is 2. The standard InChI is InChI=1S/C20H27N3O5S/c1-4-16-19(20(28-22-16)21-13(2)24)14-10-11-17(27-3)18(12-14)29(25,26)23-15-8-6-5-7-9-15/h10-12,15,23H,4-9H2,1-3H3,(H,21,24). The molecular formula is C20H27N3O5S. The van der Waals surface area contributed by atoms with Gasteiger partial charge in [0.05, 0.1) is 18.4 Å². The van der Waals surface area contributed by atoms with Gasteiger partial charge in [0.1, 0.15) is 10.6 Å². The zero-order chi connectivity index (χ0) is 21.0. The highest BCUT2D eigenvalue weighted by Gasteiger charge is 2.27. The monoisotopic (exact) mass is 421 g/mol. The molecule has 1 aliphatic carbocycles. The molecule has 0 saturated heterocycles. The SMILES string of the molecule is CCc1noc(NC(C)=O)c1-c1ccc(OC)c(S(=O)(=O)NC2CCCCC2)c1. The number of hydrogen-bond acceptors (Lipinski definition) is 6. The number of rotatable bonds is 7.